The summed E-state index contributed by atoms with van der Waals surface area (Å²) >= 11 is 0. The number of rotatable bonds is 11. The molecule has 39 heavy (non-hydrogen) atoms. The fourth-order valence-electron chi connectivity index (χ4n) is 4.26. The Bertz CT molecular complexity index is 1410. The van der Waals surface area contributed by atoms with Crippen LogP contribution in [0, 0.1) is 0 Å². The topological polar surface area (TPSA) is 135 Å². The number of hydrogen-bond acceptors (Lipinski definition) is 10. The maximum Gasteiger partial charge on any atom is 0.361 e. The van der Waals surface area contributed by atoms with Crippen molar-refractivity contribution in [2.24, 2.45) is 0 Å². The van der Waals surface area contributed by atoms with Crippen molar-refractivity contribution in [2.75, 3.05) is 17.2 Å². The van der Waals surface area contributed by atoms with Gasteiger partial charge in [0.1, 0.15) is 17.9 Å². The van der Waals surface area contributed by atoms with Crippen molar-refractivity contribution in [1.82, 2.24) is 19.5 Å². The molecule has 1 saturated heterocycles. The van der Waals surface area contributed by atoms with Gasteiger partial charge in [-0.05, 0) is 18.1 Å². The van der Waals surface area contributed by atoms with E-state index in [-0.39, 0.29) is 11.9 Å². The molecule has 0 spiro atoms. The number of ether oxygens (including phenoxy) is 2. The summed E-state index contributed by atoms with van der Waals surface area (Å²) in [6.07, 6.45) is 1.58. The van der Waals surface area contributed by atoms with Crippen LogP contribution < -0.4 is 5.73 Å². The van der Waals surface area contributed by atoms with Gasteiger partial charge >= 0.3 is 7.60 Å². The molecule has 5 rings (SSSR count). The number of fused-ring (bicyclic) bond motifs is 1. The van der Waals surface area contributed by atoms with Gasteiger partial charge in [0.05, 0.1) is 31.7 Å². The van der Waals surface area contributed by atoms with Crippen LogP contribution >= 0.6 is 29.2 Å². The third kappa shape index (κ3) is 7.01. The summed E-state index contributed by atoms with van der Waals surface area (Å²) in [5, 5.41) is 0. The van der Waals surface area contributed by atoms with E-state index in [2.05, 4.69) is 15.0 Å². The highest BCUT2D eigenvalue weighted by atomic mass is 33.1. The van der Waals surface area contributed by atoms with E-state index in [1.54, 1.807) is 56.7 Å². The standard InChI is InChI=1S/C26H30N5O5PS2/c1-18(12-31-17-30-23-24(27)28-16-29-25(23)31)35-26(20-10-6-3-7-11-20)37(32,33)36-22-15-39-38-14-21(22)34-13-19-8-4-2-5-9-19/h2-11,16-18,21-22,26H,12-15H2,1H3,(H,32,33)(H2,27,28,29)/t18-,21+,22+,26?/m1/s1. The quantitative estimate of drug-likeness (QED) is 0.180. The molecule has 2 unspecified atom stereocenters. The number of nitrogens with zero attached hydrogens (tertiary/aromatic N) is 4. The van der Waals surface area contributed by atoms with Crippen LogP contribution in [0.2, 0.25) is 0 Å². The predicted octanol–water partition coefficient (Wildman–Crippen LogP) is 5.06. The third-order valence-electron chi connectivity index (χ3n) is 6.18. The number of nitrogens with two attached hydrogens (primary N) is 1. The van der Waals surface area contributed by atoms with Crippen LogP contribution in [0.3, 0.4) is 0 Å². The Morgan fingerprint density at radius 3 is 2.49 bits per heavy atom. The molecule has 0 amide bonds. The summed E-state index contributed by atoms with van der Waals surface area (Å²) < 4.78 is 34.0. The Morgan fingerprint density at radius 2 is 1.74 bits per heavy atom. The Labute approximate surface area is 234 Å². The van der Waals surface area contributed by atoms with Gasteiger partial charge in [0.2, 0.25) is 0 Å². The van der Waals surface area contributed by atoms with E-state index in [1.165, 1.54) is 6.33 Å². The lowest BCUT2D eigenvalue weighted by Gasteiger charge is -2.34. The fraction of sp³-hybridized carbons (Fsp3) is 0.346. The summed E-state index contributed by atoms with van der Waals surface area (Å²) in [4.78, 5) is 23.9. The second kappa shape index (κ2) is 12.8. The zero-order valence-electron chi connectivity index (χ0n) is 21.3. The van der Waals surface area contributed by atoms with Crippen molar-refractivity contribution >= 4 is 46.2 Å². The van der Waals surface area contributed by atoms with E-state index in [9.17, 15) is 9.46 Å². The number of nitrogen functional groups attached to an aromatic ring is 1. The Morgan fingerprint density at radius 1 is 1.05 bits per heavy atom. The second-order valence-electron chi connectivity index (χ2n) is 9.15. The van der Waals surface area contributed by atoms with Crippen molar-refractivity contribution in [1.29, 1.82) is 0 Å². The highest BCUT2D eigenvalue weighted by Crippen LogP contribution is 2.59. The van der Waals surface area contributed by atoms with Crippen LogP contribution in [0.5, 0.6) is 0 Å². The zero-order chi connectivity index (χ0) is 27.2. The van der Waals surface area contributed by atoms with Gasteiger partial charge in [-0.1, -0.05) is 82.3 Å². The van der Waals surface area contributed by atoms with Crippen LogP contribution in [0.15, 0.2) is 73.3 Å². The summed E-state index contributed by atoms with van der Waals surface area (Å²) in [6.45, 7) is 2.55. The number of benzene rings is 2. The van der Waals surface area contributed by atoms with Gasteiger partial charge in [0, 0.05) is 11.5 Å². The van der Waals surface area contributed by atoms with Crippen molar-refractivity contribution in [3.63, 3.8) is 0 Å². The summed E-state index contributed by atoms with van der Waals surface area (Å²) in [5.41, 5.74) is 8.55. The molecule has 0 saturated carbocycles. The number of hydrogen-bond donors (Lipinski definition) is 2. The Balaban J connectivity index is 1.32. The van der Waals surface area contributed by atoms with Gasteiger partial charge in [-0.2, -0.15) is 0 Å². The first-order chi connectivity index (χ1) is 18.9. The first-order valence-corrected chi connectivity index (χ1v) is 16.6. The van der Waals surface area contributed by atoms with Gasteiger partial charge in [0.25, 0.3) is 0 Å². The van der Waals surface area contributed by atoms with E-state index < -0.39 is 25.6 Å². The SMILES string of the molecule is C[C@H](Cn1cnc2c(N)ncnc21)OC(c1ccccc1)P(=O)(O)O[C@H]1CSSC[C@@H]1OCc1ccccc1. The van der Waals surface area contributed by atoms with E-state index >= 15 is 0 Å². The lowest BCUT2D eigenvalue weighted by Crippen LogP contribution is -2.37. The lowest BCUT2D eigenvalue weighted by molar-refractivity contribution is -0.0298. The largest absolute Gasteiger partial charge is 0.382 e. The minimum Gasteiger partial charge on any atom is -0.382 e. The molecular formula is C26H30N5O5PS2. The first-order valence-electron chi connectivity index (χ1n) is 12.4. The van der Waals surface area contributed by atoms with Crippen molar-refractivity contribution in [3.8, 4) is 0 Å². The average molecular weight is 588 g/mol. The maximum atomic E-state index is 13.9. The monoisotopic (exact) mass is 587 g/mol. The third-order valence-corrected chi connectivity index (χ3v) is 10.2. The normalized spacial score (nSPS) is 20.9. The van der Waals surface area contributed by atoms with Crippen LogP contribution in [0.4, 0.5) is 5.82 Å². The molecule has 10 nitrogen and oxygen atoms in total. The second-order valence-corrected chi connectivity index (χ2v) is 13.5. The molecule has 0 bridgehead atoms. The summed E-state index contributed by atoms with van der Waals surface area (Å²) in [5.74, 6) is 0.259. The molecule has 2 aromatic carbocycles. The highest BCUT2D eigenvalue weighted by molar-refractivity contribution is 8.76. The molecule has 3 heterocycles. The molecule has 2 aromatic heterocycles. The molecule has 1 aliphatic heterocycles. The number of aromatic nitrogens is 4. The predicted molar refractivity (Wildman–Crippen MR) is 154 cm³/mol. The van der Waals surface area contributed by atoms with E-state index in [0.717, 1.165) is 5.56 Å². The van der Waals surface area contributed by atoms with Gasteiger partial charge in [-0.25, -0.2) is 15.0 Å². The van der Waals surface area contributed by atoms with Gasteiger partial charge in [-0.15, -0.1) is 0 Å². The van der Waals surface area contributed by atoms with E-state index in [1.807, 2.05) is 43.3 Å². The number of anilines is 1. The Hall–Kier alpha value is -2.44. The van der Waals surface area contributed by atoms with Crippen LogP contribution in [0.1, 0.15) is 23.9 Å². The highest BCUT2D eigenvalue weighted by Gasteiger charge is 2.41. The fourth-order valence-corrected chi connectivity index (χ4v) is 8.42. The van der Waals surface area contributed by atoms with Crippen molar-refractivity contribution < 1.29 is 23.5 Å². The lowest BCUT2D eigenvalue weighted by atomic mass is 10.2. The Kier molecular flexibility index (Phi) is 9.24. The minimum atomic E-state index is -4.32. The van der Waals surface area contributed by atoms with Gasteiger partial charge < -0.3 is 24.7 Å². The van der Waals surface area contributed by atoms with Crippen molar-refractivity contribution in [3.05, 3.63) is 84.4 Å². The molecule has 0 aliphatic carbocycles. The molecular weight excluding hydrogens is 557 g/mol. The van der Waals surface area contributed by atoms with E-state index in [4.69, 9.17) is 19.7 Å². The first kappa shape index (κ1) is 28.1. The summed E-state index contributed by atoms with van der Waals surface area (Å²) in [7, 11) is -1.05. The van der Waals surface area contributed by atoms with Crippen LogP contribution in [-0.4, -0.2) is 54.2 Å². The maximum absolute atomic E-state index is 13.9. The van der Waals surface area contributed by atoms with Gasteiger partial charge in [0.15, 0.2) is 17.3 Å². The number of imidazole rings is 1. The molecule has 1 aliphatic rings. The van der Waals surface area contributed by atoms with Gasteiger partial charge in [-0.3, -0.25) is 9.09 Å². The molecule has 5 atom stereocenters. The molecule has 206 valence electrons. The smallest absolute Gasteiger partial charge is 0.361 e. The van der Waals surface area contributed by atoms with Crippen LogP contribution in [-0.2, 0) is 31.7 Å². The molecule has 4 aromatic rings. The minimum absolute atomic E-state index is 0.287. The molecule has 0 radical (unpaired) electrons. The summed E-state index contributed by atoms with van der Waals surface area (Å²) in [6, 6.07) is 18.8. The molecule has 1 fully saturated rings. The molecule has 3 N–H and O–H groups in total. The van der Waals surface area contributed by atoms with Crippen molar-refractivity contribution in [2.45, 2.75) is 44.2 Å². The molecule has 13 heteroatoms. The van der Waals surface area contributed by atoms with Crippen LogP contribution in [0.25, 0.3) is 11.2 Å². The zero-order valence-corrected chi connectivity index (χ0v) is 23.8. The van der Waals surface area contributed by atoms with E-state index in [0.29, 0.717) is 41.4 Å². The average Bonchev–Trinajstić information content (AvgIpc) is 3.36.